The van der Waals surface area contributed by atoms with Crippen LogP contribution < -0.4 is 5.32 Å². The molecule has 2 aliphatic heterocycles. The second kappa shape index (κ2) is 4.01. The molecule has 1 N–H and O–H groups in total. The minimum atomic E-state index is -0.285. The SMILES string of the molecule is CC1=C2CC3CC4(C)NCC(=O)C(=O)C3C=C2N=C1C4C. The summed E-state index contributed by atoms with van der Waals surface area (Å²) in [5, 5.41) is 3.37. The predicted molar refractivity (Wildman–Crippen MR) is 80.0 cm³/mol. The number of nitrogens with one attached hydrogen (secondary N) is 1. The van der Waals surface area contributed by atoms with Crippen molar-refractivity contribution in [1.82, 2.24) is 5.32 Å². The van der Waals surface area contributed by atoms with Gasteiger partial charge in [0, 0.05) is 23.1 Å². The van der Waals surface area contributed by atoms with Gasteiger partial charge in [-0.05, 0) is 49.8 Å². The zero-order valence-corrected chi connectivity index (χ0v) is 12.7. The van der Waals surface area contributed by atoms with Crippen LogP contribution in [0.25, 0.3) is 0 Å². The van der Waals surface area contributed by atoms with Gasteiger partial charge in [0.25, 0.3) is 0 Å². The number of hydrogen-bond donors (Lipinski definition) is 1. The monoisotopic (exact) mass is 284 g/mol. The van der Waals surface area contributed by atoms with Gasteiger partial charge in [-0.3, -0.25) is 14.6 Å². The molecule has 0 aromatic heterocycles. The van der Waals surface area contributed by atoms with Crippen LogP contribution in [0.2, 0.25) is 0 Å². The van der Waals surface area contributed by atoms with E-state index in [4.69, 9.17) is 4.99 Å². The molecule has 0 saturated carbocycles. The minimum absolute atomic E-state index is 0.148. The Kier molecular flexibility index (Phi) is 2.51. The Hall–Kier alpha value is -1.55. The molecule has 0 amide bonds. The number of nitrogens with zero attached hydrogens (tertiary/aromatic N) is 1. The molecule has 0 spiro atoms. The van der Waals surface area contributed by atoms with Gasteiger partial charge in [-0.1, -0.05) is 6.92 Å². The summed E-state index contributed by atoms with van der Waals surface area (Å²) < 4.78 is 0. The van der Waals surface area contributed by atoms with Crippen molar-refractivity contribution < 1.29 is 9.59 Å². The van der Waals surface area contributed by atoms with E-state index in [0.29, 0.717) is 0 Å². The maximum absolute atomic E-state index is 12.4. The third-order valence-corrected chi connectivity index (χ3v) is 5.98. The molecular weight excluding hydrogens is 264 g/mol. The molecule has 0 aromatic carbocycles. The van der Waals surface area contributed by atoms with E-state index in [1.54, 1.807) is 0 Å². The second-order valence-corrected chi connectivity index (χ2v) is 7.13. The molecule has 1 saturated heterocycles. The number of Topliss-reactive ketones (excluding diaryl/α,β-unsaturated/α-hetero) is 2. The molecule has 4 rings (SSSR count). The molecule has 4 unspecified atom stereocenters. The van der Waals surface area contributed by atoms with Crippen molar-refractivity contribution in [2.45, 2.75) is 39.2 Å². The highest BCUT2D eigenvalue weighted by Crippen LogP contribution is 2.48. The summed E-state index contributed by atoms with van der Waals surface area (Å²) in [7, 11) is 0. The van der Waals surface area contributed by atoms with Gasteiger partial charge in [-0.25, -0.2) is 0 Å². The number of allylic oxidation sites excluding steroid dienone is 3. The number of carbonyl (C=O) groups excluding carboxylic acids is 2. The normalized spacial score (nSPS) is 41.6. The van der Waals surface area contributed by atoms with Crippen LogP contribution in [0.3, 0.4) is 0 Å². The number of carbonyl (C=O) groups is 2. The van der Waals surface area contributed by atoms with Crippen molar-refractivity contribution in [3.8, 4) is 0 Å². The molecule has 4 nitrogen and oxygen atoms in total. The van der Waals surface area contributed by atoms with E-state index in [1.807, 2.05) is 6.08 Å². The highest BCUT2D eigenvalue weighted by molar-refractivity contribution is 6.39. The first kappa shape index (κ1) is 13.1. The number of rotatable bonds is 0. The van der Waals surface area contributed by atoms with Crippen LogP contribution in [0.5, 0.6) is 0 Å². The van der Waals surface area contributed by atoms with Crippen LogP contribution >= 0.6 is 0 Å². The molecule has 0 radical (unpaired) electrons. The lowest BCUT2D eigenvalue weighted by Crippen LogP contribution is -2.57. The Morgan fingerprint density at radius 1 is 1.38 bits per heavy atom. The fraction of sp³-hybridized carbons (Fsp3) is 0.588. The lowest BCUT2D eigenvalue weighted by molar-refractivity contribution is -0.139. The van der Waals surface area contributed by atoms with E-state index in [9.17, 15) is 9.59 Å². The van der Waals surface area contributed by atoms with E-state index in [-0.39, 0.29) is 41.4 Å². The molecule has 21 heavy (non-hydrogen) atoms. The zero-order valence-electron chi connectivity index (χ0n) is 12.7. The Morgan fingerprint density at radius 3 is 2.90 bits per heavy atom. The summed E-state index contributed by atoms with van der Waals surface area (Å²) in [4.78, 5) is 29.4. The van der Waals surface area contributed by atoms with Gasteiger partial charge in [-0.2, -0.15) is 0 Å². The third-order valence-electron chi connectivity index (χ3n) is 5.98. The Balaban J connectivity index is 1.97. The topological polar surface area (TPSA) is 58.5 Å². The molecule has 4 bridgehead atoms. The quantitative estimate of drug-likeness (QED) is 0.690. The van der Waals surface area contributed by atoms with E-state index < -0.39 is 0 Å². The predicted octanol–water partition coefficient (Wildman–Crippen LogP) is 1.82. The number of ketones is 2. The molecular formula is C17H20N2O2. The second-order valence-electron chi connectivity index (χ2n) is 7.13. The van der Waals surface area contributed by atoms with Crippen molar-refractivity contribution in [3.63, 3.8) is 0 Å². The van der Waals surface area contributed by atoms with E-state index in [0.717, 1.165) is 24.3 Å². The number of aliphatic imine (C=N–C) groups is 1. The first-order valence-corrected chi connectivity index (χ1v) is 7.73. The molecule has 2 heterocycles. The van der Waals surface area contributed by atoms with Crippen LogP contribution in [0.15, 0.2) is 27.9 Å². The van der Waals surface area contributed by atoms with Gasteiger partial charge in [0.05, 0.1) is 12.2 Å². The highest BCUT2D eigenvalue weighted by atomic mass is 16.2. The van der Waals surface area contributed by atoms with Crippen molar-refractivity contribution in [3.05, 3.63) is 22.9 Å². The van der Waals surface area contributed by atoms with Gasteiger partial charge in [0.2, 0.25) is 11.6 Å². The summed E-state index contributed by atoms with van der Waals surface area (Å²) in [6.07, 6.45) is 3.75. The summed E-state index contributed by atoms with van der Waals surface area (Å²) >= 11 is 0. The molecule has 1 fully saturated rings. The van der Waals surface area contributed by atoms with Gasteiger partial charge < -0.3 is 5.32 Å². The summed E-state index contributed by atoms with van der Waals surface area (Å²) in [5.41, 5.74) is 4.47. The maximum Gasteiger partial charge on any atom is 0.212 e. The average Bonchev–Trinajstić information content (AvgIpc) is 2.80. The van der Waals surface area contributed by atoms with Gasteiger partial charge in [-0.15, -0.1) is 0 Å². The molecule has 110 valence electrons. The van der Waals surface area contributed by atoms with Crippen LogP contribution in [0, 0.1) is 17.8 Å². The number of hydrogen-bond acceptors (Lipinski definition) is 4. The molecule has 2 aliphatic carbocycles. The first-order valence-electron chi connectivity index (χ1n) is 7.73. The fourth-order valence-corrected chi connectivity index (χ4v) is 4.43. The van der Waals surface area contributed by atoms with Gasteiger partial charge >= 0.3 is 0 Å². The van der Waals surface area contributed by atoms with Crippen LogP contribution in [-0.4, -0.2) is 29.4 Å². The highest BCUT2D eigenvalue weighted by Gasteiger charge is 2.49. The van der Waals surface area contributed by atoms with Crippen molar-refractivity contribution in [1.29, 1.82) is 0 Å². The maximum atomic E-state index is 12.4. The molecule has 4 heteroatoms. The van der Waals surface area contributed by atoms with E-state index in [2.05, 4.69) is 26.1 Å². The Morgan fingerprint density at radius 2 is 2.14 bits per heavy atom. The Bertz CT molecular complexity index is 670. The lowest BCUT2D eigenvalue weighted by atomic mass is 9.65. The van der Waals surface area contributed by atoms with Crippen molar-refractivity contribution in [2.75, 3.05) is 6.54 Å². The third kappa shape index (κ3) is 1.62. The minimum Gasteiger partial charge on any atom is -0.304 e. The smallest absolute Gasteiger partial charge is 0.212 e. The van der Waals surface area contributed by atoms with E-state index in [1.165, 1.54) is 11.1 Å². The largest absolute Gasteiger partial charge is 0.304 e. The van der Waals surface area contributed by atoms with Gasteiger partial charge in [0.15, 0.2) is 0 Å². The van der Waals surface area contributed by atoms with Crippen LogP contribution in [-0.2, 0) is 9.59 Å². The molecule has 4 aliphatic rings. The van der Waals surface area contributed by atoms with Crippen molar-refractivity contribution in [2.24, 2.45) is 22.7 Å². The fourth-order valence-electron chi connectivity index (χ4n) is 4.43. The molecule has 4 atom stereocenters. The van der Waals surface area contributed by atoms with Gasteiger partial charge in [0.1, 0.15) is 0 Å². The van der Waals surface area contributed by atoms with Crippen molar-refractivity contribution >= 4 is 17.3 Å². The summed E-state index contributed by atoms with van der Waals surface area (Å²) in [6.45, 7) is 6.66. The van der Waals surface area contributed by atoms with Crippen LogP contribution in [0.4, 0.5) is 0 Å². The first-order chi connectivity index (χ1) is 9.90. The summed E-state index contributed by atoms with van der Waals surface area (Å²) in [6, 6.07) is 0. The molecule has 0 aromatic rings. The average molecular weight is 284 g/mol. The van der Waals surface area contributed by atoms with Crippen LogP contribution in [0.1, 0.15) is 33.6 Å². The lowest BCUT2D eigenvalue weighted by Gasteiger charge is -2.44. The standard InChI is InChI=1S/C17H20N2O2/c1-8-11-4-10-6-17(3)9(2)15(8)19-13(11)5-12(10)16(21)14(20)7-18-17/h5,9-10,12,18H,4,6-7H2,1-3H3. The zero-order chi connectivity index (χ0) is 14.9. The summed E-state index contributed by atoms with van der Waals surface area (Å²) in [5.74, 6) is -0.353. The Labute approximate surface area is 124 Å². The number of fused-ring (bicyclic) bond motifs is 2. The van der Waals surface area contributed by atoms with E-state index >= 15 is 0 Å².